The summed E-state index contributed by atoms with van der Waals surface area (Å²) in [6.45, 7) is 7.18. The number of hydrogen-bond acceptors (Lipinski definition) is 0. The lowest BCUT2D eigenvalue weighted by Crippen LogP contribution is -2.43. The van der Waals surface area contributed by atoms with Crippen LogP contribution in [0.15, 0.2) is 12.2 Å². The summed E-state index contributed by atoms with van der Waals surface area (Å²) in [4.78, 5) is 0. The first-order valence-electron chi connectivity index (χ1n) is 5.67. The van der Waals surface area contributed by atoms with E-state index in [4.69, 9.17) is 0 Å². The lowest BCUT2D eigenvalue weighted by Gasteiger charge is -2.54. The molecule has 2 aliphatic rings. The van der Waals surface area contributed by atoms with E-state index in [0.717, 1.165) is 11.3 Å². The first-order chi connectivity index (χ1) is 6.02. The second-order valence-corrected chi connectivity index (χ2v) is 6.19. The van der Waals surface area contributed by atoms with Crippen LogP contribution in [0.4, 0.5) is 0 Å². The molecule has 0 aromatic heterocycles. The van der Waals surface area contributed by atoms with Gasteiger partial charge in [0.1, 0.15) is 0 Å². The molecule has 0 radical (unpaired) electrons. The van der Waals surface area contributed by atoms with Crippen molar-refractivity contribution in [3.63, 3.8) is 0 Å². The fourth-order valence-corrected chi connectivity index (χ4v) is 2.91. The monoisotopic (exact) mass is 178 g/mol. The van der Waals surface area contributed by atoms with Gasteiger partial charge in [0.25, 0.3) is 0 Å². The van der Waals surface area contributed by atoms with Gasteiger partial charge in [-0.25, -0.2) is 0 Å². The van der Waals surface area contributed by atoms with Crippen LogP contribution in [0.3, 0.4) is 0 Å². The second kappa shape index (κ2) is 2.87. The van der Waals surface area contributed by atoms with E-state index in [0.29, 0.717) is 5.41 Å². The zero-order chi connectivity index (χ0) is 9.53. The third-order valence-corrected chi connectivity index (χ3v) is 4.14. The van der Waals surface area contributed by atoms with E-state index in [1.807, 2.05) is 0 Å². The van der Waals surface area contributed by atoms with Crippen LogP contribution in [-0.4, -0.2) is 0 Å². The summed E-state index contributed by atoms with van der Waals surface area (Å²) < 4.78 is 0. The molecule has 0 bridgehead atoms. The van der Waals surface area contributed by atoms with Gasteiger partial charge in [-0.15, -0.1) is 0 Å². The molecule has 2 aliphatic carbocycles. The molecule has 74 valence electrons. The highest BCUT2D eigenvalue weighted by atomic mass is 14.5. The lowest BCUT2D eigenvalue weighted by atomic mass is 9.51. The summed E-state index contributed by atoms with van der Waals surface area (Å²) in [5.41, 5.74) is 1.29. The predicted octanol–water partition coefficient (Wildman–Crippen LogP) is 4.17. The van der Waals surface area contributed by atoms with Crippen molar-refractivity contribution in [3.05, 3.63) is 12.2 Å². The van der Waals surface area contributed by atoms with Crippen molar-refractivity contribution in [1.29, 1.82) is 0 Å². The van der Waals surface area contributed by atoms with E-state index in [-0.39, 0.29) is 0 Å². The Morgan fingerprint density at radius 3 is 2.31 bits per heavy atom. The van der Waals surface area contributed by atoms with Gasteiger partial charge in [0.05, 0.1) is 0 Å². The minimum Gasteiger partial charge on any atom is -0.0885 e. The molecule has 0 nitrogen and oxygen atoms in total. The summed E-state index contributed by atoms with van der Waals surface area (Å²) in [6, 6.07) is 0. The van der Waals surface area contributed by atoms with Crippen LogP contribution in [-0.2, 0) is 0 Å². The Kier molecular flexibility index (Phi) is 2.05. The van der Waals surface area contributed by atoms with Gasteiger partial charge in [-0.05, 0) is 48.9 Å². The molecule has 0 heteroatoms. The Bertz CT molecular complexity index is 211. The van der Waals surface area contributed by atoms with Gasteiger partial charge in [0.2, 0.25) is 0 Å². The van der Waals surface area contributed by atoms with Crippen LogP contribution in [0.2, 0.25) is 0 Å². The van der Waals surface area contributed by atoms with Crippen LogP contribution in [0, 0.1) is 16.7 Å². The molecule has 0 aliphatic heterocycles. The van der Waals surface area contributed by atoms with Crippen LogP contribution >= 0.6 is 0 Å². The van der Waals surface area contributed by atoms with E-state index in [2.05, 4.69) is 32.9 Å². The van der Waals surface area contributed by atoms with E-state index in [9.17, 15) is 0 Å². The average Bonchev–Trinajstić information content (AvgIpc) is 2.00. The van der Waals surface area contributed by atoms with Crippen molar-refractivity contribution >= 4 is 0 Å². The zero-order valence-corrected chi connectivity index (χ0v) is 9.27. The minimum absolute atomic E-state index is 0.548. The lowest BCUT2D eigenvalue weighted by molar-refractivity contribution is -0.0198. The van der Waals surface area contributed by atoms with Gasteiger partial charge in [-0.2, -0.15) is 0 Å². The highest BCUT2D eigenvalue weighted by Crippen LogP contribution is 2.58. The Labute approximate surface area is 82.4 Å². The van der Waals surface area contributed by atoms with Gasteiger partial charge in [0.15, 0.2) is 0 Å². The summed E-state index contributed by atoms with van der Waals surface area (Å²) in [6.07, 6.45) is 11.9. The Balaban J connectivity index is 1.93. The predicted molar refractivity (Wildman–Crippen MR) is 57.6 cm³/mol. The first-order valence-corrected chi connectivity index (χ1v) is 5.67. The maximum atomic E-state index is 2.41. The van der Waals surface area contributed by atoms with Gasteiger partial charge >= 0.3 is 0 Å². The summed E-state index contributed by atoms with van der Waals surface area (Å²) in [5.74, 6) is 0.985. The Hall–Kier alpha value is -0.260. The molecule has 13 heavy (non-hydrogen) atoms. The van der Waals surface area contributed by atoms with Crippen molar-refractivity contribution in [2.45, 2.75) is 52.9 Å². The third-order valence-electron chi connectivity index (χ3n) is 4.14. The standard InChI is InChI=1S/C13H22/c1-12(2,3)11-9-13(10-11)7-5-4-6-8-13/h4-5,11H,6-10H2,1-3H3. The van der Waals surface area contributed by atoms with E-state index < -0.39 is 0 Å². The molecule has 1 spiro atoms. The first kappa shape index (κ1) is 9.30. The SMILES string of the molecule is CC(C)(C)C1CC2(CC=CCC2)C1. The van der Waals surface area contributed by atoms with Gasteiger partial charge in [-0.3, -0.25) is 0 Å². The Morgan fingerprint density at radius 1 is 1.15 bits per heavy atom. The van der Waals surface area contributed by atoms with Gasteiger partial charge in [0, 0.05) is 0 Å². The molecule has 1 fully saturated rings. The van der Waals surface area contributed by atoms with Crippen LogP contribution in [0.1, 0.15) is 52.9 Å². The van der Waals surface area contributed by atoms with Crippen LogP contribution < -0.4 is 0 Å². The third kappa shape index (κ3) is 1.68. The molecule has 0 aromatic carbocycles. The molecule has 0 saturated heterocycles. The molecular weight excluding hydrogens is 156 g/mol. The number of rotatable bonds is 0. The highest BCUT2D eigenvalue weighted by molar-refractivity contribution is 5.05. The van der Waals surface area contributed by atoms with Crippen molar-refractivity contribution in [1.82, 2.24) is 0 Å². The quantitative estimate of drug-likeness (QED) is 0.488. The molecular formula is C13H22. The van der Waals surface area contributed by atoms with Crippen molar-refractivity contribution in [2.75, 3.05) is 0 Å². The molecule has 2 rings (SSSR count). The summed E-state index contributed by atoms with van der Waals surface area (Å²) >= 11 is 0. The number of hydrogen-bond donors (Lipinski definition) is 0. The highest BCUT2D eigenvalue weighted by Gasteiger charge is 2.47. The molecule has 0 N–H and O–H groups in total. The minimum atomic E-state index is 0.548. The van der Waals surface area contributed by atoms with Crippen molar-refractivity contribution < 1.29 is 0 Å². The summed E-state index contributed by atoms with van der Waals surface area (Å²) in [7, 11) is 0. The van der Waals surface area contributed by atoms with Gasteiger partial charge < -0.3 is 0 Å². The molecule has 1 saturated carbocycles. The summed E-state index contributed by atoms with van der Waals surface area (Å²) in [5, 5.41) is 0. The fourth-order valence-electron chi connectivity index (χ4n) is 2.91. The fraction of sp³-hybridized carbons (Fsp3) is 0.846. The van der Waals surface area contributed by atoms with E-state index in [1.165, 1.54) is 32.1 Å². The number of allylic oxidation sites excluding steroid dienone is 2. The van der Waals surface area contributed by atoms with Crippen molar-refractivity contribution in [3.8, 4) is 0 Å². The molecule has 0 heterocycles. The molecule has 0 amide bonds. The topological polar surface area (TPSA) is 0 Å². The maximum Gasteiger partial charge on any atom is -0.0254 e. The van der Waals surface area contributed by atoms with E-state index in [1.54, 1.807) is 0 Å². The zero-order valence-electron chi connectivity index (χ0n) is 9.27. The van der Waals surface area contributed by atoms with Crippen LogP contribution in [0.5, 0.6) is 0 Å². The average molecular weight is 178 g/mol. The smallest absolute Gasteiger partial charge is 0.0254 e. The van der Waals surface area contributed by atoms with E-state index >= 15 is 0 Å². The largest absolute Gasteiger partial charge is 0.0885 e. The normalized spacial score (nSPS) is 39.2. The Morgan fingerprint density at radius 2 is 1.85 bits per heavy atom. The van der Waals surface area contributed by atoms with Crippen molar-refractivity contribution in [2.24, 2.45) is 16.7 Å². The molecule has 0 aromatic rings. The molecule has 0 unspecified atom stereocenters. The van der Waals surface area contributed by atoms with Crippen LogP contribution in [0.25, 0.3) is 0 Å². The molecule has 0 atom stereocenters. The second-order valence-electron chi connectivity index (χ2n) is 6.19. The van der Waals surface area contributed by atoms with Gasteiger partial charge in [-0.1, -0.05) is 32.9 Å². The maximum absolute atomic E-state index is 2.41.